The Hall–Kier alpha value is -0.570. The highest BCUT2D eigenvalue weighted by Gasteiger charge is 2.21. The van der Waals surface area contributed by atoms with Crippen LogP contribution in [0, 0.1) is 5.92 Å². The van der Waals surface area contributed by atoms with E-state index in [4.69, 9.17) is 5.11 Å². The lowest BCUT2D eigenvalue weighted by Crippen LogP contribution is -2.40. The van der Waals surface area contributed by atoms with E-state index in [2.05, 4.69) is 0 Å². The molecule has 0 radical (unpaired) electrons. The summed E-state index contributed by atoms with van der Waals surface area (Å²) >= 11 is 0. The highest BCUT2D eigenvalue weighted by Crippen LogP contribution is 2.16. The van der Waals surface area contributed by atoms with E-state index in [9.17, 15) is 4.79 Å². The fraction of sp³-hybridized carbons (Fsp3) is 0.889. The number of aliphatic hydroxyl groups is 1. The molecule has 0 saturated carbocycles. The molecule has 3 nitrogen and oxygen atoms in total. The van der Waals surface area contributed by atoms with E-state index in [1.807, 2.05) is 11.8 Å². The molecule has 0 aromatic carbocycles. The zero-order valence-electron chi connectivity index (χ0n) is 7.62. The Balaban J connectivity index is 2.40. The summed E-state index contributed by atoms with van der Waals surface area (Å²) in [6.45, 7) is 3.73. The van der Waals surface area contributed by atoms with Gasteiger partial charge >= 0.3 is 0 Å². The number of aliphatic hydroxyl groups excluding tert-OH is 1. The van der Waals surface area contributed by atoms with Crippen LogP contribution in [-0.4, -0.2) is 35.6 Å². The molecular formula is C9H17NO2. The van der Waals surface area contributed by atoms with E-state index in [1.165, 1.54) is 0 Å². The van der Waals surface area contributed by atoms with Crippen LogP contribution in [0.2, 0.25) is 0 Å². The van der Waals surface area contributed by atoms with Crippen LogP contribution in [0.1, 0.15) is 26.2 Å². The zero-order valence-corrected chi connectivity index (χ0v) is 7.62. The minimum atomic E-state index is 0.216. The molecule has 1 aliphatic heterocycles. The summed E-state index contributed by atoms with van der Waals surface area (Å²) in [5.41, 5.74) is 0. The normalized spacial score (nSPS) is 24.2. The van der Waals surface area contributed by atoms with Crippen molar-refractivity contribution in [1.82, 2.24) is 4.90 Å². The predicted octanol–water partition coefficient (Wildman–Crippen LogP) is 0.627. The first-order valence-corrected chi connectivity index (χ1v) is 4.66. The lowest BCUT2D eigenvalue weighted by molar-refractivity contribution is -0.132. The smallest absolute Gasteiger partial charge is 0.222 e. The van der Waals surface area contributed by atoms with Crippen LogP contribution >= 0.6 is 0 Å². The van der Waals surface area contributed by atoms with Crippen molar-refractivity contribution in [2.75, 3.05) is 19.7 Å². The number of hydrogen-bond donors (Lipinski definition) is 1. The third kappa shape index (κ3) is 2.21. The Morgan fingerprint density at radius 2 is 2.42 bits per heavy atom. The molecule has 0 aromatic rings. The molecule has 1 rings (SSSR count). The van der Waals surface area contributed by atoms with Gasteiger partial charge in [-0.3, -0.25) is 4.79 Å². The summed E-state index contributed by atoms with van der Waals surface area (Å²) in [5.74, 6) is 0.530. The Bertz CT molecular complexity index is 159. The van der Waals surface area contributed by atoms with Gasteiger partial charge in [0.15, 0.2) is 0 Å². The molecule has 0 aliphatic carbocycles. The predicted molar refractivity (Wildman–Crippen MR) is 46.7 cm³/mol. The molecule has 12 heavy (non-hydrogen) atoms. The Labute approximate surface area is 73.4 Å². The molecule has 1 saturated heterocycles. The van der Waals surface area contributed by atoms with Gasteiger partial charge in [-0.05, 0) is 18.8 Å². The standard InChI is InChI=1S/C9H17NO2/c1-2-9(12)10-5-3-4-8(6-10)7-11/h8,11H,2-7H2,1H3. The minimum Gasteiger partial charge on any atom is -0.396 e. The summed E-state index contributed by atoms with van der Waals surface area (Å²) in [7, 11) is 0. The fourth-order valence-electron chi connectivity index (χ4n) is 1.66. The molecular weight excluding hydrogens is 154 g/mol. The lowest BCUT2D eigenvalue weighted by atomic mass is 9.99. The molecule has 1 atom stereocenters. The number of nitrogens with zero attached hydrogens (tertiary/aromatic N) is 1. The number of rotatable bonds is 2. The van der Waals surface area contributed by atoms with Gasteiger partial charge in [-0.1, -0.05) is 6.92 Å². The van der Waals surface area contributed by atoms with Gasteiger partial charge < -0.3 is 10.0 Å². The van der Waals surface area contributed by atoms with Gasteiger partial charge in [0.1, 0.15) is 0 Å². The molecule has 1 unspecified atom stereocenters. The number of hydrogen-bond acceptors (Lipinski definition) is 2. The van der Waals surface area contributed by atoms with Gasteiger partial charge in [-0.2, -0.15) is 0 Å². The summed E-state index contributed by atoms with van der Waals surface area (Å²) in [4.78, 5) is 13.1. The number of carbonyl (C=O) groups excluding carboxylic acids is 1. The molecule has 70 valence electrons. The van der Waals surface area contributed by atoms with Crippen LogP contribution in [0.15, 0.2) is 0 Å². The molecule has 0 spiro atoms. The van der Waals surface area contributed by atoms with Crippen LogP contribution in [0.25, 0.3) is 0 Å². The second-order valence-corrected chi connectivity index (χ2v) is 3.38. The second kappa shape index (κ2) is 4.45. The second-order valence-electron chi connectivity index (χ2n) is 3.38. The Morgan fingerprint density at radius 1 is 1.67 bits per heavy atom. The monoisotopic (exact) mass is 171 g/mol. The molecule has 0 bridgehead atoms. The van der Waals surface area contributed by atoms with Gasteiger partial charge in [0, 0.05) is 26.1 Å². The minimum absolute atomic E-state index is 0.216. The number of carbonyl (C=O) groups is 1. The number of amides is 1. The fourth-order valence-corrected chi connectivity index (χ4v) is 1.66. The molecule has 1 amide bonds. The topological polar surface area (TPSA) is 40.5 Å². The molecule has 1 aliphatic rings. The highest BCUT2D eigenvalue weighted by molar-refractivity contribution is 5.75. The van der Waals surface area contributed by atoms with E-state index in [0.717, 1.165) is 25.9 Å². The third-order valence-electron chi connectivity index (χ3n) is 2.43. The van der Waals surface area contributed by atoms with Crippen LogP contribution in [0.5, 0.6) is 0 Å². The van der Waals surface area contributed by atoms with Gasteiger partial charge in [-0.15, -0.1) is 0 Å². The van der Waals surface area contributed by atoms with Crippen molar-refractivity contribution in [2.45, 2.75) is 26.2 Å². The number of piperidine rings is 1. The maximum Gasteiger partial charge on any atom is 0.222 e. The van der Waals surface area contributed by atoms with Gasteiger partial charge in [0.05, 0.1) is 0 Å². The van der Waals surface area contributed by atoms with Gasteiger partial charge in [0.25, 0.3) is 0 Å². The van der Waals surface area contributed by atoms with Gasteiger partial charge in [0.2, 0.25) is 5.91 Å². The third-order valence-corrected chi connectivity index (χ3v) is 2.43. The zero-order chi connectivity index (χ0) is 8.97. The SMILES string of the molecule is CCC(=O)N1CCCC(CO)C1. The molecule has 0 aromatic heterocycles. The lowest BCUT2D eigenvalue weighted by Gasteiger charge is -2.31. The molecule has 1 N–H and O–H groups in total. The van der Waals surface area contributed by atoms with E-state index < -0.39 is 0 Å². The van der Waals surface area contributed by atoms with Crippen molar-refractivity contribution in [3.8, 4) is 0 Å². The summed E-state index contributed by atoms with van der Waals surface area (Å²) in [6.07, 6.45) is 2.68. The van der Waals surface area contributed by atoms with Crippen molar-refractivity contribution in [1.29, 1.82) is 0 Å². The van der Waals surface area contributed by atoms with Crippen molar-refractivity contribution in [2.24, 2.45) is 5.92 Å². The quantitative estimate of drug-likeness (QED) is 0.662. The van der Waals surface area contributed by atoms with E-state index in [-0.39, 0.29) is 12.5 Å². The van der Waals surface area contributed by atoms with Crippen molar-refractivity contribution >= 4 is 5.91 Å². The first-order valence-electron chi connectivity index (χ1n) is 4.66. The van der Waals surface area contributed by atoms with Crippen LogP contribution in [-0.2, 0) is 4.79 Å². The first kappa shape index (κ1) is 9.52. The highest BCUT2D eigenvalue weighted by atomic mass is 16.3. The van der Waals surface area contributed by atoms with Gasteiger partial charge in [-0.25, -0.2) is 0 Å². The average Bonchev–Trinajstić information content (AvgIpc) is 2.17. The van der Waals surface area contributed by atoms with E-state index >= 15 is 0 Å². The maximum absolute atomic E-state index is 11.3. The molecule has 1 fully saturated rings. The van der Waals surface area contributed by atoms with Crippen molar-refractivity contribution in [3.63, 3.8) is 0 Å². The Morgan fingerprint density at radius 3 is 3.00 bits per heavy atom. The van der Waals surface area contributed by atoms with Crippen LogP contribution in [0.3, 0.4) is 0 Å². The molecule has 1 heterocycles. The summed E-state index contributed by atoms with van der Waals surface area (Å²) in [6, 6.07) is 0. The van der Waals surface area contributed by atoms with Crippen LogP contribution < -0.4 is 0 Å². The van der Waals surface area contributed by atoms with Crippen LogP contribution in [0.4, 0.5) is 0 Å². The Kier molecular flexibility index (Phi) is 3.53. The maximum atomic E-state index is 11.3. The van der Waals surface area contributed by atoms with E-state index in [0.29, 0.717) is 12.3 Å². The molecule has 3 heteroatoms. The summed E-state index contributed by atoms with van der Waals surface area (Å²) in [5, 5.41) is 8.93. The van der Waals surface area contributed by atoms with E-state index in [1.54, 1.807) is 0 Å². The van der Waals surface area contributed by atoms with Crippen molar-refractivity contribution in [3.05, 3.63) is 0 Å². The van der Waals surface area contributed by atoms with Crippen molar-refractivity contribution < 1.29 is 9.90 Å². The average molecular weight is 171 g/mol. The first-order chi connectivity index (χ1) is 5.77. The summed E-state index contributed by atoms with van der Waals surface area (Å²) < 4.78 is 0. The number of likely N-dealkylation sites (tertiary alicyclic amines) is 1. The largest absolute Gasteiger partial charge is 0.396 e.